The van der Waals surface area contributed by atoms with Crippen LogP contribution in [0.2, 0.25) is 0 Å². The van der Waals surface area contributed by atoms with Crippen molar-refractivity contribution in [1.82, 2.24) is 4.90 Å². The second-order valence-electron chi connectivity index (χ2n) is 5.50. The van der Waals surface area contributed by atoms with Crippen LogP contribution < -0.4 is 0 Å². The average Bonchev–Trinajstić information content (AvgIpc) is 2.92. The lowest BCUT2D eigenvalue weighted by Gasteiger charge is -2.14. The second kappa shape index (κ2) is 8.70. The minimum atomic E-state index is -0.0928. The van der Waals surface area contributed by atoms with Crippen LogP contribution in [0.25, 0.3) is 6.08 Å². The van der Waals surface area contributed by atoms with Crippen molar-refractivity contribution in [3.8, 4) is 5.75 Å². The molecule has 1 fully saturated rings. The number of phenolic OH excluding ortho intramolecular Hbond substituents is 1. The molecule has 134 valence electrons. The van der Waals surface area contributed by atoms with E-state index in [9.17, 15) is 9.90 Å². The number of carbonyl (C=O) groups is 1. The van der Waals surface area contributed by atoms with Gasteiger partial charge in [-0.05, 0) is 70.3 Å². The van der Waals surface area contributed by atoms with Gasteiger partial charge in [0, 0.05) is 7.11 Å². The maximum Gasteiger partial charge on any atom is 0.266 e. The molecular weight excluding hydrogens is 463 g/mol. The number of ether oxygens (including phenoxy) is 1. The van der Waals surface area contributed by atoms with E-state index in [2.05, 4.69) is 27.6 Å². The van der Waals surface area contributed by atoms with Gasteiger partial charge >= 0.3 is 0 Å². The molecule has 1 N–H and O–H groups in total. The van der Waals surface area contributed by atoms with E-state index in [0.29, 0.717) is 23.2 Å². The molecule has 5 nitrogen and oxygen atoms in total. The molecule has 2 aromatic carbocycles. The maximum atomic E-state index is 12.8. The summed E-state index contributed by atoms with van der Waals surface area (Å²) < 4.78 is 5.86. The van der Waals surface area contributed by atoms with Crippen molar-refractivity contribution in [3.63, 3.8) is 0 Å². The second-order valence-corrected chi connectivity index (χ2v) is 7.67. The standard InChI is InChI=1S/C19H17IN2O3S/c1-25-10-9-22-18(24)17(12-13-7-8-16(23)15(20)11-13)26-19(22)21-14-5-3-2-4-6-14/h2-8,11-12,23H,9-10H2,1H3. The Hall–Kier alpha value is -1.84. The molecule has 1 heterocycles. The van der Waals surface area contributed by atoms with Crippen LogP contribution in [0.4, 0.5) is 5.69 Å². The molecule has 0 atom stereocenters. The average molecular weight is 480 g/mol. The predicted octanol–water partition coefficient (Wildman–Crippen LogP) is 4.25. The van der Waals surface area contributed by atoms with Crippen molar-refractivity contribution >= 4 is 57.2 Å². The fourth-order valence-electron chi connectivity index (χ4n) is 2.35. The largest absolute Gasteiger partial charge is 0.507 e. The van der Waals surface area contributed by atoms with Crippen molar-refractivity contribution in [2.24, 2.45) is 4.99 Å². The van der Waals surface area contributed by atoms with Gasteiger partial charge in [-0.3, -0.25) is 9.69 Å². The van der Waals surface area contributed by atoms with Crippen LogP contribution in [0, 0.1) is 3.57 Å². The van der Waals surface area contributed by atoms with Crippen molar-refractivity contribution < 1.29 is 14.6 Å². The summed E-state index contributed by atoms with van der Waals surface area (Å²) in [4.78, 5) is 19.7. The molecule has 1 aliphatic heterocycles. The lowest BCUT2D eigenvalue weighted by Crippen LogP contribution is -2.32. The summed E-state index contributed by atoms with van der Waals surface area (Å²) >= 11 is 3.41. The number of phenols is 1. The third-order valence-corrected chi connectivity index (χ3v) is 5.53. The quantitative estimate of drug-likeness (QED) is 0.514. The van der Waals surface area contributed by atoms with Crippen LogP contribution in [0.1, 0.15) is 5.56 Å². The topological polar surface area (TPSA) is 62.1 Å². The summed E-state index contributed by atoms with van der Waals surface area (Å²) in [6.45, 7) is 0.878. The van der Waals surface area contributed by atoms with Crippen molar-refractivity contribution in [1.29, 1.82) is 0 Å². The van der Waals surface area contributed by atoms with E-state index in [0.717, 1.165) is 14.8 Å². The van der Waals surface area contributed by atoms with Crippen LogP contribution in [0.15, 0.2) is 58.4 Å². The van der Waals surface area contributed by atoms with E-state index in [4.69, 9.17) is 4.74 Å². The lowest BCUT2D eigenvalue weighted by molar-refractivity contribution is -0.122. The molecule has 0 aromatic heterocycles. The van der Waals surface area contributed by atoms with Gasteiger partial charge in [0.15, 0.2) is 5.17 Å². The zero-order chi connectivity index (χ0) is 18.5. The highest BCUT2D eigenvalue weighted by Crippen LogP contribution is 2.34. The van der Waals surface area contributed by atoms with Crippen LogP contribution in [-0.4, -0.2) is 41.3 Å². The number of carbonyl (C=O) groups excluding carboxylic acids is 1. The number of aliphatic imine (C=N–C) groups is 1. The number of aromatic hydroxyl groups is 1. The summed E-state index contributed by atoms with van der Waals surface area (Å²) in [5.41, 5.74) is 1.65. The highest BCUT2D eigenvalue weighted by atomic mass is 127. The Morgan fingerprint density at radius 3 is 2.73 bits per heavy atom. The van der Waals surface area contributed by atoms with Crippen LogP contribution in [0.3, 0.4) is 0 Å². The Kier molecular flexibility index (Phi) is 6.33. The SMILES string of the molecule is COCCN1C(=O)C(=Cc2ccc(O)c(I)c2)SC1=Nc1ccccc1. The molecular formula is C19H17IN2O3S. The molecule has 2 aromatic rings. The van der Waals surface area contributed by atoms with Crippen molar-refractivity contribution in [2.75, 3.05) is 20.3 Å². The first kappa shape index (κ1) is 18.9. The number of nitrogens with zero attached hydrogens (tertiary/aromatic N) is 2. The maximum absolute atomic E-state index is 12.8. The Labute approximate surface area is 169 Å². The molecule has 0 unspecified atom stereocenters. The van der Waals surface area contributed by atoms with Crippen LogP contribution in [-0.2, 0) is 9.53 Å². The number of rotatable bonds is 5. The summed E-state index contributed by atoms with van der Waals surface area (Å²) in [6, 6.07) is 14.8. The fraction of sp³-hybridized carbons (Fsp3) is 0.158. The molecule has 1 aliphatic rings. The molecule has 0 spiro atoms. The highest BCUT2D eigenvalue weighted by Gasteiger charge is 2.33. The third kappa shape index (κ3) is 4.46. The molecule has 0 aliphatic carbocycles. The molecule has 26 heavy (non-hydrogen) atoms. The number of thioether (sulfide) groups is 1. The fourth-order valence-corrected chi connectivity index (χ4v) is 3.91. The highest BCUT2D eigenvalue weighted by molar-refractivity contribution is 14.1. The van der Waals surface area contributed by atoms with Crippen molar-refractivity contribution in [2.45, 2.75) is 0 Å². The number of amides is 1. The van der Waals surface area contributed by atoms with E-state index < -0.39 is 0 Å². The zero-order valence-electron chi connectivity index (χ0n) is 14.1. The molecule has 3 rings (SSSR count). The van der Waals surface area contributed by atoms with E-state index in [1.165, 1.54) is 11.8 Å². The normalized spacial score (nSPS) is 17.5. The monoisotopic (exact) mass is 480 g/mol. The first-order valence-electron chi connectivity index (χ1n) is 7.91. The van der Waals surface area contributed by atoms with E-state index in [1.807, 2.05) is 42.5 Å². The number of halogens is 1. The summed E-state index contributed by atoms with van der Waals surface area (Å²) in [5, 5.41) is 10.3. The first-order chi connectivity index (χ1) is 12.6. The Bertz CT molecular complexity index is 868. The summed E-state index contributed by atoms with van der Waals surface area (Å²) in [6.07, 6.45) is 1.82. The summed E-state index contributed by atoms with van der Waals surface area (Å²) in [5.74, 6) is 0.135. The molecule has 7 heteroatoms. The molecule has 0 bridgehead atoms. The summed E-state index contributed by atoms with van der Waals surface area (Å²) in [7, 11) is 1.61. The van der Waals surface area contributed by atoms with Gasteiger partial charge in [-0.15, -0.1) is 0 Å². The van der Waals surface area contributed by atoms with Gasteiger partial charge in [0.2, 0.25) is 0 Å². The Balaban J connectivity index is 1.93. The van der Waals surface area contributed by atoms with E-state index in [1.54, 1.807) is 24.1 Å². The van der Waals surface area contributed by atoms with Crippen molar-refractivity contribution in [3.05, 3.63) is 62.6 Å². The van der Waals surface area contributed by atoms with Gasteiger partial charge < -0.3 is 9.84 Å². The van der Waals surface area contributed by atoms with Gasteiger partial charge in [-0.1, -0.05) is 24.3 Å². The van der Waals surface area contributed by atoms with Gasteiger partial charge in [0.1, 0.15) is 5.75 Å². The number of benzene rings is 2. The molecule has 0 saturated carbocycles. The van der Waals surface area contributed by atoms with Gasteiger partial charge in [-0.25, -0.2) is 4.99 Å². The Morgan fingerprint density at radius 2 is 2.04 bits per heavy atom. The number of methoxy groups -OCH3 is 1. The van der Waals surface area contributed by atoms with Gasteiger partial charge in [-0.2, -0.15) is 0 Å². The van der Waals surface area contributed by atoms with E-state index >= 15 is 0 Å². The van der Waals surface area contributed by atoms with Crippen LogP contribution >= 0.6 is 34.4 Å². The van der Waals surface area contributed by atoms with Crippen LogP contribution in [0.5, 0.6) is 5.75 Å². The number of para-hydroxylation sites is 1. The molecule has 1 amide bonds. The minimum Gasteiger partial charge on any atom is -0.507 e. The lowest BCUT2D eigenvalue weighted by atomic mass is 10.2. The predicted molar refractivity (Wildman–Crippen MR) is 114 cm³/mol. The molecule has 0 radical (unpaired) electrons. The van der Waals surface area contributed by atoms with E-state index in [-0.39, 0.29) is 11.7 Å². The van der Waals surface area contributed by atoms with Gasteiger partial charge in [0.05, 0.1) is 27.3 Å². The van der Waals surface area contributed by atoms with Gasteiger partial charge in [0.25, 0.3) is 5.91 Å². The number of hydrogen-bond donors (Lipinski definition) is 1. The third-order valence-electron chi connectivity index (χ3n) is 3.66. The first-order valence-corrected chi connectivity index (χ1v) is 9.80. The zero-order valence-corrected chi connectivity index (χ0v) is 17.0. The smallest absolute Gasteiger partial charge is 0.266 e. The number of amidine groups is 1. The minimum absolute atomic E-state index is 0.0928. The Morgan fingerprint density at radius 1 is 1.27 bits per heavy atom. The molecule has 1 saturated heterocycles. The number of hydrogen-bond acceptors (Lipinski definition) is 5.